The van der Waals surface area contributed by atoms with E-state index in [2.05, 4.69) is 4.98 Å². The average molecular weight is 524 g/mol. The number of aromatic amines is 1. The number of nitrogens with zero attached hydrogens (tertiary/aromatic N) is 1. The molecule has 21 heavy (non-hydrogen) atoms. The molecule has 0 bridgehead atoms. The van der Waals surface area contributed by atoms with Crippen LogP contribution in [-0.4, -0.2) is 26.5 Å². The fraction of sp³-hybridized carbons (Fsp3) is 0. The van der Waals surface area contributed by atoms with Gasteiger partial charge >= 0.3 is 41.3 Å². The zero-order valence-corrected chi connectivity index (χ0v) is 14.2. The second kappa shape index (κ2) is 11.4. The number of non-ortho nitro benzene ring substituents is 1. The number of nitrogens with one attached hydrogen (secondary N) is 1. The fourth-order valence-corrected chi connectivity index (χ4v) is 1.41. The number of aromatic carboxylic acids is 1. The molecule has 0 unspecified atom stereocenters. The van der Waals surface area contributed by atoms with Gasteiger partial charge in [0, 0.05) is 11.5 Å². The summed E-state index contributed by atoms with van der Waals surface area (Å²) < 4.78 is 0. The van der Waals surface area contributed by atoms with Crippen LogP contribution in [0.1, 0.15) is 10.5 Å². The van der Waals surface area contributed by atoms with Gasteiger partial charge < -0.3 is 27.9 Å². The summed E-state index contributed by atoms with van der Waals surface area (Å²) in [6.45, 7) is 0. The Morgan fingerprint density at radius 1 is 1.33 bits per heavy atom. The Balaban J connectivity index is -0.000000500. The zero-order chi connectivity index (χ0) is 13.7. The van der Waals surface area contributed by atoms with Gasteiger partial charge in [0.05, 0.1) is 4.92 Å². The first kappa shape index (κ1) is 24.8. The van der Waals surface area contributed by atoms with Crippen LogP contribution in [-0.2, 0) is 16.5 Å². The molecule has 1 heterocycles. The molecule has 1 aromatic heterocycles. The maximum atomic E-state index is 10.7. The van der Waals surface area contributed by atoms with Crippen molar-refractivity contribution in [2.24, 2.45) is 0 Å². The van der Waals surface area contributed by atoms with E-state index in [-0.39, 0.29) is 34.7 Å². The Morgan fingerprint density at radius 2 is 1.86 bits per heavy atom. The van der Waals surface area contributed by atoms with Gasteiger partial charge in [0.1, 0.15) is 11.2 Å². The molecule has 1 aromatic carbocycles. The minimum atomic E-state index is -1.14. The first-order valence-electron chi connectivity index (χ1n) is 4.33. The van der Waals surface area contributed by atoms with E-state index < -0.39 is 27.4 Å². The van der Waals surface area contributed by atoms with Crippen molar-refractivity contribution in [1.29, 1.82) is 0 Å². The van der Waals surface area contributed by atoms with Crippen molar-refractivity contribution in [3.05, 3.63) is 40.1 Å². The van der Waals surface area contributed by atoms with Gasteiger partial charge in [0.15, 0.2) is 0 Å². The van der Waals surface area contributed by atoms with Crippen LogP contribution in [0.2, 0.25) is 0 Å². The topological polar surface area (TPSA) is 198 Å². The number of nitro benzene ring substituents is 1. The Bertz CT molecular complexity index is 595. The normalized spacial score (nSPS) is 8.48. The number of carbonyl (C=O) groups is 1. The molecule has 0 saturated heterocycles. The van der Waals surface area contributed by atoms with Gasteiger partial charge in [-0.1, -0.05) is 12.1 Å². The summed E-state index contributed by atoms with van der Waals surface area (Å²) in [7, 11) is 9.75. The number of nitro groups is 1. The van der Waals surface area contributed by atoms with Gasteiger partial charge in [-0.05, 0) is 6.07 Å². The number of halogens is 2. The van der Waals surface area contributed by atoms with E-state index in [1.165, 1.54) is 18.2 Å². The SMILES string of the molecule is N.N.O.O=C(O)c1cc2cccc([N+](=O)[O-])c2[nH]1.[Cl][Pt][Cl]. The van der Waals surface area contributed by atoms with Crippen molar-refractivity contribution in [2.75, 3.05) is 0 Å². The molecule has 10 N–H and O–H groups in total. The van der Waals surface area contributed by atoms with Crippen LogP contribution in [0.5, 0.6) is 0 Å². The summed E-state index contributed by atoms with van der Waals surface area (Å²) in [5, 5.41) is 19.9. The number of aromatic nitrogens is 1. The quantitative estimate of drug-likeness (QED) is 0.344. The second-order valence-electron chi connectivity index (χ2n) is 3.03. The van der Waals surface area contributed by atoms with Gasteiger partial charge in [-0.15, -0.1) is 0 Å². The van der Waals surface area contributed by atoms with Crippen molar-refractivity contribution in [1.82, 2.24) is 17.3 Å². The van der Waals surface area contributed by atoms with Crippen LogP contribution in [0.15, 0.2) is 24.3 Å². The van der Waals surface area contributed by atoms with E-state index in [9.17, 15) is 14.9 Å². The third-order valence-electron chi connectivity index (χ3n) is 2.06. The molecule has 0 aliphatic carbocycles. The van der Waals surface area contributed by atoms with Crippen LogP contribution in [0, 0.1) is 10.1 Å². The number of rotatable bonds is 2. The molecule has 124 valence electrons. The Hall–Kier alpha value is -1.22. The number of hydrogen-bond donors (Lipinski definition) is 4. The van der Waals surface area contributed by atoms with Gasteiger partial charge in [-0.3, -0.25) is 10.1 Å². The number of benzene rings is 1. The third-order valence-corrected chi connectivity index (χ3v) is 2.06. The van der Waals surface area contributed by atoms with Crippen molar-refractivity contribution in [2.45, 2.75) is 0 Å². The van der Waals surface area contributed by atoms with E-state index in [4.69, 9.17) is 23.9 Å². The molecular formula is C9H14Cl2N4O5Pt. The number of hydrogen-bond acceptors (Lipinski definition) is 5. The second-order valence-corrected chi connectivity index (χ2v) is 6.31. The average Bonchev–Trinajstić information content (AvgIpc) is 2.73. The molecule has 0 aliphatic heterocycles. The fourth-order valence-electron chi connectivity index (χ4n) is 1.41. The van der Waals surface area contributed by atoms with E-state index in [1.54, 1.807) is 6.07 Å². The molecule has 2 rings (SSSR count). The molecule has 0 atom stereocenters. The van der Waals surface area contributed by atoms with Crippen molar-refractivity contribution in [3.63, 3.8) is 0 Å². The number of fused-ring (bicyclic) bond motifs is 1. The van der Waals surface area contributed by atoms with Crippen molar-refractivity contribution in [3.8, 4) is 0 Å². The van der Waals surface area contributed by atoms with E-state index in [1.807, 2.05) is 0 Å². The predicted molar refractivity (Wildman–Crippen MR) is 77.3 cm³/mol. The number of carboxylic acid groups (broad SMARTS) is 1. The summed E-state index contributed by atoms with van der Waals surface area (Å²) in [5.74, 6) is -1.14. The molecule has 0 aliphatic rings. The monoisotopic (exact) mass is 523 g/mol. The molecular weight excluding hydrogens is 510 g/mol. The molecule has 0 spiro atoms. The minimum absolute atomic E-state index is 0. The van der Waals surface area contributed by atoms with Gasteiger partial charge in [0.2, 0.25) is 0 Å². The Labute approximate surface area is 135 Å². The van der Waals surface area contributed by atoms with E-state index >= 15 is 0 Å². The third kappa shape index (κ3) is 6.38. The standard InChI is InChI=1S/C9H6N2O4.2ClH.2H3N.H2O.Pt/c12-9(13)6-4-5-2-1-3-7(11(14)15)8(5)10-6;;;;;;/h1-4,10H,(H,12,13);2*1H;2*1H3;1H2;/q;;;;;;+2/p-2. The van der Waals surface area contributed by atoms with Crippen molar-refractivity contribution >= 4 is 41.4 Å². The van der Waals surface area contributed by atoms with Crippen LogP contribution in [0.3, 0.4) is 0 Å². The first-order valence-corrected chi connectivity index (χ1v) is 9.96. The van der Waals surface area contributed by atoms with Crippen LogP contribution in [0.25, 0.3) is 10.9 Å². The van der Waals surface area contributed by atoms with E-state index in [0.29, 0.717) is 5.39 Å². The Kier molecular flexibility index (Phi) is 13.5. The van der Waals surface area contributed by atoms with Crippen molar-refractivity contribution < 1.29 is 36.8 Å². The maximum absolute atomic E-state index is 10.7. The molecule has 9 nitrogen and oxygen atoms in total. The summed E-state index contributed by atoms with van der Waals surface area (Å²) in [4.78, 5) is 23.2. The van der Waals surface area contributed by atoms with Crippen LogP contribution < -0.4 is 12.3 Å². The predicted octanol–water partition coefficient (Wildman–Crippen LogP) is 2.65. The molecule has 12 heteroatoms. The number of H-pyrrole nitrogens is 1. The van der Waals surface area contributed by atoms with Gasteiger partial charge in [-0.2, -0.15) is 0 Å². The molecule has 0 amide bonds. The van der Waals surface area contributed by atoms with Gasteiger partial charge in [0.25, 0.3) is 5.69 Å². The summed E-state index contributed by atoms with van der Waals surface area (Å²) in [6, 6.07) is 5.82. The molecule has 0 saturated carbocycles. The summed E-state index contributed by atoms with van der Waals surface area (Å²) in [5.41, 5.74) is 0.0548. The van der Waals surface area contributed by atoms with E-state index in [0.717, 1.165) is 0 Å². The van der Waals surface area contributed by atoms with Crippen LogP contribution in [0.4, 0.5) is 5.69 Å². The molecule has 0 radical (unpaired) electrons. The Morgan fingerprint density at radius 3 is 2.29 bits per heavy atom. The number of carboxylic acids is 1. The van der Waals surface area contributed by atoms with Gasteiger partial charge in [-0.25, -0.2) is 4.79 Å². The molecule has 2 aromatic rings. The summed E-state index contributed by atoms with van der Waals surface area (Å²) >= 11 is -0.472. The zero-order valence-electron chi connectivity index (χ0n) is 10.4. The molecule has 0 fully saturated rings. The van der Waals surface area contributed by atoms with Crippen LogP contribution >= 0.6 is 18.8 Å². The first-order chi connectivity index (χ1) is 8.51. The number of para-hydroxylation sites is 1. The summed E-state index contributed by atoms with van der Waals surface area (Å²) in [6.07, 6.45) is 0.